The van der Waals surface area contributed by atoms with E-state index in [-0.39, 0.29) is 8.80 Å². The molecule has 0 bridgehead atoms. The number of rotatable bonds is 3. The highest BCUT2D eigenvalue weighted by atomic mass is 35.5. The molecule has 0 saturated heterocycles. The van der Waals surface area contributed by atoms with Crippen molar-refractivity contribution in [1.82, 2.24) is 0 Å². The Labute approximate surface area is 124 Å². The van der Waals surface area contributed by atoms with Crippen molar-refractivity contribution in [3.8, 4) is 0 Å². The maximum atomic E-state index is 5.58. The van der Waals surface area contributed by atoms with Crippen molar-refractivity contribution in [3.05, 3.63) is 34.3 Å². The van der Waals surface area contributed by atoms with Gasteiger partial charge in [0.1, 0.15) is 0 Å². The Hall–Kier alpha value is 0.0169. The van der Waals surface area contributed by atoms with Gasteiger partial charge in [-0.2, -0.15) is 0 Å². The molecule has 18 heavy (non-hydrogen) atoms. The first kappa shape index (κ1) is 18.0. The highest BCUT2D eigenvalue weighted by molar-refractivity contribution is 6.63. The minimum Gasteiger partial charge on any atom is -0.0827 e. The third-order valence-electron chi connectivity index (χ3n) is 2.82. The quantitative estimate of drug-likeness (QED) is 0.545. The third kappa shape index (κ3) is 6.82. The molecule has 0 N–H and O–H groups in total. The summed E-state index contributed by atoms with van der Waals surface area (Å²) in [4.78, 5) is 0. The number of hydrogen-bond acceptors (Lipinski definition) is 0. The summed E-state index contributed by atoms with van der Waals surface area (Å²) in [6, 6.07) is 7.19. The fourth-order valence-corrected chi connectivity index (χ4v) is 6.71. The van der Waals surface area contributed by atoms with E-state index in [0.29, 0.717) is 10.0 Å². The molecule has 0 aliphatic heterocycles. The maximum Gasteiger partial charge on any atom is 0.0592 e. The first-order chi connectivity index (χ1) is 8.27. The standard InChI is InChI=1S/C9H21Si.C6H4Cl2/c1-7(2)10(8(3)4)9(5)6;7-5-3-1-2-4-6(5)8/h7-9H,1-6H3;1-4H. The number of hydrogen-bond donors (Lipinski definition) is 0. The zero-order valence-electron chi connectivity index (χ0n) is 12.3. The second-order valence-electron chi connectivity index (χ2n) is 5.38. The van der Waals surface area contributed by atoms with E-state index in [0.717, 1.165) is 16.6 Å². The van der Waals surface area contributed by atoms with Crippen LogP contribution in [0, 0.1) is 0 Å². The largest absolute Gasteiger partial charge is 0.0827 e. The highest BCUT2D eigenvalue weighted by Gasteiger charge is 2.22. The Bertz CT molecular complexity index is 295. The molecule has 0 aliphatic carbocycles. The van der Waals surface area contributed by atoms with Crippen molar-refractivity contribution in [2.45, 2.75) is 58.2 Å². The normalized spacial score (nSPS) is 11.1. The van der Waals surface area contributed by atoms with Gasteiger partial charge < -0.3 is 0 Å². The van der Waals surface area contributed by atoms with E-state index in [4.69, 9.17) is 23.2 Å². The van der Waals surface area contributed by atoms with E-state index >= 15 is 0 Å². The van der Waals surface area contributed by atoms with E-state index in [1.165, 1.54) is 0 Å². The van der Waals surface area contributed by atoms with E-state index in [1.807, 2.05) is 12.1 Å². The van der Waals surface area contributed by atoms with Gasteiger partial charge in [-0.1, -0.05) is 93.5 Å². The zero-order valence-corrected chi connectivity index (χ0v) is 14.8. The van der Waals surface area contributed by atoms with E-state index in [9.17, 15) is 0 Å². The molecular weight excluding hydrogens is 279 g/mol. The summed E-state index contributed by atoms with van der Waals surface area (Å²) in [7, 11) is -0.0957. The van der Waals surface area contributed by atoms with Gasteiger partial charge in [-0.15, -0.1) is 0 Å². The second-order valence-corrected chi connectivity index (χ2v) is 10.7. The summed E-state index contributed by atoms with van der Waals surface area (Å²) in [5, 5.41) is 1.21. The van der Waals surface area contributed by atoms with Crippen molar-refractivity contribution in [2.24, 2.45) is 0 Å². The van der Waals surface area contributed by atoms with Crippen LogP contribution in [-0.2, 0) is 0 Å². The van der Waals surface area contributed by atoms with Crippen LogP contribution in [0.4, 0.5) is 0 Å². The van der Waals surface area contributed by atoms with Gasteiger partial charge in [0.05, 0.1) is 18.8 Å². The van der Waals surface area contributed by atoms with E-state index in [2.05, 4.69) is 41.5 Å². The van der Waals surface area contributed by atoms with Gasteiger partial charge >= 0.3 is 0 Å². The molecule has 0 heterocycles. The highest BCUT2D eigenvalue weighted by Crippen LogP contribution is 2.29. The van der Waals surface area contributed by atoms with Crippen LogP contribution in [0.3, 0.4) is 0 Å². The number of halogens is 2. The topological polar surface area (TPSA) is 0 Å². The molecule has 0 saturated carbocycles. The molecule has 1 radical (unpaired) electrons. The Morgan fingerprint density at radius 3 is 1.11 bits per heavy atom. The third-order valence-corrected chi connectivity index (χ3v) is 7.58. The zero-order chi connectivity index (χ0) is 14.3. The molecule has 0 atom stereocenters. The van der Waals surface area contributed by atoms with Crippen molar-refractivity contribution in [2.75, 3.05) is 0 Å². The molecule has 1 rings (SSSR count). The Morgan fingerprint density at radius 1 is 0.722 bits per heavy atom. The summed E-state index contributed by atoms with van der Waals surface area (Å²) in [6.07, 6.45) is 0. The summed E-state index contributed by atoms with van der Waals surface area (Å²) >= 11 is 11.2. The lowest BCUT2D eigenvalue weighted by molar-refractivity contribution is 0.863. The predicted molar refractivity (Wildman–Crippen MR) is 87.5 cm³/mol. The molecule has 3 heteroatoms. The molecule has 0 spiro atoms. The smallest absolute Gasteiger partial charge is 0.0592 e. The molecule has 103 valence electrons. The molecule has 0 aromatic heterocycles. The summed E-state index contributed by atoms with van der Waals surface area (Å²) in [5.41, 5.74) is 2.81. The van der Waals surface area contributed by atoms with Crippen LogP contribution in [-0.4, -0.2) is 8.80 Å². The lowest BCUT2D eigenvalue weighted by Crippen LogP contribution is -2.24. The monoisotopic (exact) mass is 303 g/mol. The average molecular weight is 304 g/mol. The summed E-state index contributed by atoms with van der Waals surface area (Å²) < 4.78 is 0. The fourth-order valence-electron chi connectivity index (χ4n) is 2.44. The Balaban J connectivity index is 0.000000327. The van der Waals surface area contributed by atoms with Crippen LogP contribution in [0.5, 0.6) is 0 Å². The second kappa shape index (κ2) is 9.01. The summed E-state index contributed by atoms with van der Waals surface area (Å²) in [5.74, 6) is 0. The molecule has 1 aromatic carbocycles. The van der Waals surface area contributed by atoms with Crippen molar-refractivity contribution >= 4 is 32.0 Å². The minimum atomic E-state index is -0.0957. The van der Waals surface area contributed by atoms with Crippen LogP contribution in [0.25, 0.3) is 0 Å². The molecule has 0 fully saturated rings. The van der Waals surface area contributed by atoms with Crippen LogP contribution in [0.1, 0.15) is 41.5 Å². The molecule has 0 amide bonds. The predicted octanol–water partition coefficient (Wildman–Crippen LogP) is 6.70. The first-order valence-corrected chi connectivity index (χ1v) is 9.02. The summed E-state index contributed by atoms with van der Waals surface area (Å²) in [6.45, 7) is 14.2. The Morgan fingerprint density at radius 2 is 1.00 bits per heavy atom. The lowest BCUT2D eigenvalue weighted by Gasteiger charge is -2.26. The van der Waals surface area contributed by atoms with Gasteiger partial charge in [0.25, 0.3) is 0 Å². The maximum absolute atomic E-state index is 5.58. The van der Waals surface area contributed by atoms with Gasteiger partial charge in [-0.05, 0) is 12.1 Å². The SMILES string of the molecule is CC(C)[Si](C(C)C)C(C)C.Clc1ccccc1Cl. The van der Waals surface area contributed by atoms with Crippen molar-refractivity contribution in [3.63, 3.8) is 0 Å². The van der Waals surface area contributed by atoms with Crippen molar-refractivity contribution < 1.29 is 0 Å². The fraction of sp³-hybridized carbons (Fsp3) is 0.600. The molecule has 1 aromatic rings. The van der Waals surface area contributed by atoms with Crippen molar-refractivity contribution in [1.29, 1.82) is 0 Å². The van der Waals surface area contributed by atoms with Gasteiger partial charge in [0, 0.05) is 0 Å². The average Bonchev–Trinajstić information content (AvgIpc) is 2.21. The van der Waals surface area contributed by atoms with Crippen LogP contribution in [0.15, 0.2) is 24.3 Å². The van der Waals surface area contributed by atoms with Gasteiger partial charge in [0.2, 0.25) is 0 Å². The van der Waals surface area contributed by atoms with Crippen LogP contribution < -0.4 is 0 Å². The van der Waals surface area contributed by atoms with Crippen LogP contribution >= 0.6 is 23.2 Å². The molecule has 0 aliphatic rings. The minimum absolute atomic E-state index is 0.0957. The van der Waals surface area contributed by atoms with Gasteiger partial charge in [-0.25, -0.2) is 0 Å². The molecule has 0 unspecified atom stereocenters. The van der Waals surface area contributed by atoms with Gasteiger partial charge in [0.15, 0.2) is 0 Å². The first-order valence-electron chi connectivity index (χ1n) is 6.54. The lowest BCUT2D eigenvalue weighted by atomic mass is 10.4. The Kier molecular flexibility index (Phi) is 9.01. The van der Waals surface area contributed by atoms with E-state index in [1.54, 1.807) is 12.1 Å². The number of benzene rings is 1. The van der Waals surface area contributed by atoms with Crippen LogP contribution in [0.2, 0.25) is 26.7 Å². The molecule has 0 nitrogen and oxygen atoms in total. The van der Waals surface area contributed by atoms with Gasteiger partial charge in [-0.3, -0.25) is 0 Å². The van der Waals surface area contributed by atoms with E-state index < -0.39 is 0 Å². The molecular formula is C15H25Cl2Si.